The molecule has 212 valence electrons. The highest BCUT2D eigenvalue weighted by molar-refractivity contribution is 5.92. The maximum Gasteiger partial charge on any atom is 0.326 e. The van der Waals surface area contributed by atoms with Gasteiger partial charge in [0.25, 0.3) is 5.89 Å². The summed E-state index contributed by atoms with van der Waals surface area (Å²) in [4.78, 5) is 40.3. The van der Waals surface area contributed by atoms with E-state index in [9.17, 15) is 19.5 Å². The molecule has 4 aromatic rings. The summed E-state index contributed by atoms with van der Waals surface area (Å²) in [6.07, 6.45) is -0.0397. The van der Waals surface area contributed by atoms with Crippen molar-refractivity contribution in [1.82, 2.24) is 15.5 Å². The lowest BCUT2D eigenvalue weighted by molar-refractivity contribution is -0.154. The minimum atomic E-state index is -1.29. The third-order valence-corrected chi connectivity index (χ3v) is 5.74. The van der Waals surface area contributed by atoms with Gasteiger partial charge in [0.15, 0.2) is 0 Å². The van der Waals surface area contributed by atoms with Crippen LogP contribution in [0.3, 0.4) is 0 Å². The SMILES string of the molecule is CC(C)(C)OC(=O)Cc1ccc(-c2nc(-c3ccc(CC(NC(=O)Nc4ccccc4)C(=O)O)cc3F)no2)cc1. The monoisotopic (exact) mass is 560 g/mol. The molecular formula is C30H29FN4O6. The molecule has 10 nitrogen and oxygen atoms in total. The predicted octanol–water partition coefficient (Wildman–Crippen LogP) is 5.24. The second kappa shape index (κ2) is 12.4. The van der Waals surface area contributed by atoms with E-state index in [1.54, 1.807) is 75.4 Å². The largest absolute Gasteiger partial charge is 0.480 e. The van der Waals surface area contributed by atoms with Gasteiger partial charge in [-0.25, -0.2) is 14.0 Å². The van der Waals surface area contributed by atoms with Gasteiger partial charge in [0.05, 0.1) is 12.0 Å². The number of urea groups is 1. The highest BCUT2D eigenvalue weighted by Crippen LogP contribution is 2.26. The van der Waals surface area contributed by atoms with Gasteiger partial charge >= 0.3 is 18.0 Å². The van der Waals surface area contributed by atoms with Crippen LogP contribution in [0.25, 0.3) is 22.8 Å². The fourth-order valence-electron chi connectivity index (χ4n) is 3.91. The Hall–Kier alpha value is -5.06. The summed E-state index contributed by atoms with van der Waals surface area (Å²) in [6.45, 7) is 5.40. The average molecular weight is 561 g/mol. The van der Waals surface area contributed by atoms with Crippen molar-refractivity contribution in [3.63, 3.8) is 0 Å². The second-order valence-corrected chi connectivity index (χ2v) is 10.3. The number of hydrogen-bond donors (Lipinski definition) is 3. The molecule has 2 amide bonds. The van der Waals surface area contributed by atoms with E-state index in [-0.39, 0.29) is 36.1 Å². The summed E-state index contributed by atoms with van der Waals surface area (Å²) < 4.78 is 25.7. The summed E-state index contributed by atoms with van der Waals surface area (Å²) in [5.41, 5.74) is 1.67. The van der Waals surface area contributed by atoms with Crippen LogP contribution in [0, 0.1) is 5.82 Å². The Bertz CT molecular complexity index is 1530. The highest BCUT2D eigenvalue weighted by atomic mass is 19.1. The maximum absolute atomic E-state index is 15.0. The number of para-hydroxylation sites is 1. The molecule has 1 atom stereocenters. The van der Waals surface area contributed by atoms with Crippen molar-refractivity contribution in [2.45, 2.75) is 45.3 Å². The van der Waals surface area contributed by atoms with Crippen LogP contribution in [-0.2, 0) is 27.2 Å². The molecule has 41 heavy (non-hydrogen) atoms. The van der Waals surface area contributed by atoms with Crippen LogP contribution in [0.15, 0.2) is 77.3 Å². The van der Waals surface area contributed by atoms with Crippen LogP contribution >= 0.6 is 0 Å². The molecule has 4 rings (SSSR count). The number of ether oxygens (including phenoxy) is 1. The Morgan fingerprint density at radius 3 is 2.32 bits per heavy atom. The topological polar surface area (TPSA) is 144 Å². The number of carboxylic acids is 1. The van der Waals surface area contributed by atoms with Crippen molar-refractivity contribution in [3.05, 3.63) is 89.7 Å². The van der Waals surface area contributed by atoms with E-state index >= 15 is 4.39 Å². The molecule has 1 unspecified atom stereocenters. The minimum Gasteiger partial charge on any atom is -0.480 e. The van der Waals surface area contributed by atoms with Crippen LogP contribution in [0.2, 0.25) is 0 Å². The maximum atomic E-state index is 15.0. The molecule has 0 spiro atoms. The predicted molar refractivity (Wildman–Crippen MR) is 148 cm³/mol. The quantitative estimate of drug-likeness (QED) is 0.236. The molecule has 0 saturated carbocycles. The summed E-state index contributed by atoms with van der Waals surface area (Å²) in [5.74, 6) is -2.12. The van der Waals surface area contributed by atoms with E-state index in [0.29, 0.717) is 16.8 Å². The number of carboxylic acid groups (broad SMARTS) is 1. The summed E-state index contributed by atoms with van der Waals surface area (Å²) >= 11 is 0. The highest BCUT2D eigenvalue weighted by Gasteiger charge is 2.22. The first-order chi connectivity index (χ1) is 19.5. The number of anilines is 1. The first kappa shape index (κ1) is 28.9. The van der Waals surface area contributed by atoms with Crippen LogP contribution in [0.4, 0.5) is 14.9 Å². The Balaban J connectivity index is 1.40. The van der Waals surface area contributed by atoms with Gasteiger partial charge < -0.3 is 25.0 Å². The van der Waals surface area contributed by atoms with E-state index in [4.69, 9.17) is 9.26 Å². The number of aliphatic carboxylic acids is 1. The van der Waals surface area contributed by atoms with E-state index in [0.717, 1.165) is 5.56 Å². The third kappa shape index (κ3) is 8.21. The summed E-state index contributed by atoms with van der Waals surface area (Å²) in [7, 11) is 0. The zero-order valence-electron chi connectivity index (χ0n) is 22.7. The molecule has 0 aliphatic heterocycles. The molecule has 1 heterocycles. The summed E-state index contributed by atoms with van der Waals surface area (Å²) in [6, 6.07) is 17.6. The zero-order chi connectivity index (χ0) is 29.6. The van der Waals surface area contributed by atoms with Gasteiger partial charge in [0.1, 0.15) is 17.5 Å². The molecule has 0 radical (unpaired) electrons. The van der Waals surface area contributed by atoms with Crippen LogP contribution < -0.4 is 10.6 Å². The van der Waals surface area contributed by atoms with Crippen molar-refractivity contribution in [2.75, 3.05) is 5.32 Å². The van der Waals surface area contributed by atoms with E-state index in [1.165, 1.54) is 18.2 Å². The van der Waals surface area contributed by atoms with Gasteiger partial charge in [-0.1, -0.05) is 41.6 Å². The van der Waals surface area contributed by atoms with Crippen molar-refractivity contribution in [2.24, 2.45) is 0 Å². The molecule has 0 saturated heterocycles. The fourth-order valence-corrected chi connectivity index (χ4v) is 3.91. The third-order valence-electron chi connectivity index (χ3n) is 5.74. The number of hydrogen-bond acceptors (Lipinski definition) is 7. The number of nitrogens with zero attached hydrogens (tertiary/aromatic N) is 2. The van der Waals surface area contributed by atoms with Gasteiger partial charge in [-0.2, -0.15) is 4.98 Å². The molecule has 3 N–H and O–H groups in total. The standard InChI is InChI=1S/C30H29FN4O6/c1-30(2,3)40-25(36)17-18-9-12-20(13-10-18)27-34-26(35-41-27)22-14-11-19(15-23(22)31)16-24(28(37)38)33-29(39)32-21-7-5-4-6-8-21/h4-15,24H,16-17H2,1-3H3,(H,37,38)(H2,32,33,39). The van der Waals surface area contributed by atoms with Crippen LogP contribution in [0.1, 0.15) is 31.9 Å². The Morgan fingerprint density at radius 2 is 1.68 bits per heavy atom. The minimum absolute atomic E-state index is 0.0111. The van der Waals surface area contributed by atoms with Crippen molar-refractivity contribution >= 4 is 23.7 Å². The average Bonchev–Trinajstić information content (AvgIpc) is 3.38. The number of benzene rings is 3. The molecular weight excluding hydrogens is 531 g/mol. The fraction of sp³-hybridized carbons (Fsp3) is 0.233. The van der Waals surface area contributed by atoms with E-state index in [2.05, 4.69) is 20.8 Å². The number of halogens is 1. The number of carbonyl (C=O) groups is 3. The lowest BCUT2D eigenvalue weighted by atomic mass is 10.0. The molecule has 11 heteroatoms. The van der Waals surface area contributed by atoms with Gasteiger partial charge in [0.2, 0.25) is 5.82 Å². The molecule has 0 aliphatic rings. The number of amides is 2. The van der Waals surface area contributed by atoms with Gasteiger partial charge in [-0.3, -0.25) is 4.79 Å². The lowest BCUT2D eigenvalue weighted by Crippen LogP contribution is -2.44. The smallest absolute Gasteiger partial charge is 0.326 e. The van der Waals surface area contributed by atoms with Crippen LogP contribution in [-0.4, -0.2) is 44.9 Å². The van der Waals surface area contributed by atoms with Gasteiger partial charge in [-0.15, -0.1) is 0 Å². The van der Waals surface area contributed by atoms with Crippen LogP contribution in [0.5, 0.6) is 0 Å². The first-order valence-corrected chi connectivity index (χ1v) is 12.8. The Morgan fingerprint density at radius 1 is 1.00 bits per heavy atom. The number of nitrogens with one attached hydrogen (secondary N) is 2. The number of esters is 1. The van der Waals surface area contributed by atoms with Crippen molar-refractivity contribution in [1.29, 1.82) is 0 Å². The lowest BCUT2D eigenvalue weighted by Gasteiger charge is -2.19. The molecule has 1 aromatic heterocycles. The molecule has 0 bridgehead atoms. The van der Waals surface area contributed by atoms with Crippen molar-refractivity contribution < 1.29 is 33.1 Å². The Labute approximate surface area is 235 Å². The zero-order valence-corrected chi connectivity index (χ0v) is 22.7. The normalized spacial score (nSPS) is 11.9. The summed E-state index contributed by atoms with van der Waals surface area (Å²) in [5, 5.41) is 18.4. The molecule has 3 aromatic carbocycles. The molecule has 0 aliphatic carbocycles. The van der Waals surface area contributed by atoms with E-state index < -0.39 is 29.5 Å². The van der Waals surface area contributed by atoms with E-state index in [1.807, 2.05) is 0 Å². The van der Waals surface area contributed by atoms with Gasteiger partial charge in [-0.05, 0) is 68.3 Å². The number of rotatable bonds is 9. The molecule has 0 fully saturated rings. The van der Waals surface area contributed by atoms with Crippen molar-refractivity contribution in [3.8, 4) is 22.8 Å². The Kier molecular flexibility index (Phi) is 8.76. The first-order valence-electron chi connectivity index (χ1n) is 12.8. The number of carbonyl (C=O) groups excluding carboxylic acids is 2. The number of aromatic nitrogens is 2. The van der Waals surface area contributed by atoms with Gasteiger partial charge in [0, 0.05) is 17.7 Å². The second-order valence-electron chi connectivity index (χ2n) is 10.3.